The number of alkyl halides is 2. The summed E-state index contributed by atoms with van der Waals surface area (Å²) in [6, 6.07) is 8.75. The summed E-state index contributed by atoms with van der Waals surface area (Å²) >= 11 is 12.9. The molecule has 0 N–H and O–H groups in total. The fourth-order valence-corrected chi connectivity index (χ4v) is 7.70. The number of aromatic nitrogens is 1. The van der Waals surface area contributed by atoms with E-state index in [1.54, 1.807) is 6.07 Å². The van der Waals surface area contributed by atoms with Crippen LogP contribution in [0.4, 0.5) is 14.5 Å². The average Bonchev–Trinajstić information content (AvgIpc) is 4.04. The molecule has 2 aliphatic carbocycles. The van der Waals surface area contributed by atoms with Gasteiger partial charge in [0.2, 0.25) is 10.0 Å². The van der Waals surface area contributed by atoms with Gasteiger partial charge in [0.15, 0.2) is 23.9 Å². The maximum atomic E-state index is 14.1. The monoisotopic (exact) mass is 797 g/mol. The quantitative estimate of drug-likeness (QED) is 0.0748. The summed E-state index contributed by atoms with van der Waals surface area (Å²) in [5, 5.41) is 12.0. The highest BCUT2D eigenvalue weighted by Crippen LogP contribution is 2.39. The van der Waals surface area contributed by atoms with Gasteiger partial charge in [0.25, 0.3) is 0 Å². The molecule has 16 heteroatoms. The van der Waals surface area contributed by atoms with Crippen molar-refractivity contribution < 1.29 is 45.7 Å². The molecule has 1 atom stereocenters. The maximum Gasteiger partial charge on any atom is 0.387 e. The first-order valence-electron chi connectivity index (χ1n) is 17.8. The standard InChI is InChI=1S/C37H43Cl2F2N3O8S/c1-53(47,48)44(16-15-42-13-3-2-4-14-42)31-17-27(10-11-32(31)49-22-24-5-6-24)36(45)51-34(19-28-29(38)20-43(46)21-30(28)39)26-9-12-33(52-37(40)41)35(18-26)50-23-25-7-8-25/h9-12,17-18,20-21,24-25,34,37H,2-8,13-16,19,22-23H2,1H3. The zero-order valence-electron chi connectivity index (χ0n) is 29.4. The SMILES string of the molecule is CS(=O)(=O)N(CCN1CCCCC1)c1cc(C(=O)OC(Cc2c(Cl)c[n+]([O-])cc2Cl)c2ccc(OC(F)F)c(OCC3CC3)c2)ccc1OCC1CC1. The molecular formula is C37H43Cl2F2N3O8S. The molecule has 3 aromatic rings. The molecule has 2 heterocycles. The van der Waals surface area contributed by atoms with Gasteiger partial charge in [-0.25, -0.2) is 13.2 Å². The van der Waals surface area contributed by atoms with Crippen molar-refractivity contribution in [2.75, 3.05) is 50.0 Å². The Labute approximate surface area is 318 Å². The van der Waals surface area contributed by atoms with Crippen LogP contribution in [0.3, 0.4) is 0 Å². The van der Waals surface area contributed by atoms with Gasteiger partial charge < -0.3 is 29.1 Å². The van der Waals surface area contributed by atoms with Crippen LogP contribution in [0.25, 0.3) is 0 Å². The van der Waals surface area contributed by atoms with Gasteiger partial charge in [-0.1, -0.05) is 35.7 Å². The zero-order chi connectivity index (χ0) is 37.7. The second-order valence-corrected chi connectivity index (χ2v) is 16.6. The van der Waals surface area contributed by atoms with Crippen LogP contribution in [-0.2, 0) is 21.2 Å². The molecule has 11 nitrogen and oxygen atoms in total. The molecule has 53 heavy (non-hydrogen) atoms. The van der Waals surface area contributed by atoms with Gasteiger partial charge in [-0.3, -0.25) is 4.31 Å². The number of pyridine rings is 1. The predicted molar refractivity (Wildman–Crippen MR) is 196 cm³/mol. The molecule has 1 aliphatic heterocycles. The zero-order valence-corrected chi connectivity index (χ0v) is 31.7. The second kappa shape index (κ2) is 17.3. The first kappa shape index (κ1) is 39.1. The van der Waals surface area contributed by atoms with Crippen molar-refractivity contribution in [3.05, 3.63) is 80.7 Å². The first-order valence-corrected chi connectivity index (χ1v) is 20.4. The highest BCUT2D eigenvalue weighted by atomic mass is 35.5. The number of carbonyl (C=O) groups is 1. The summed E-state index contributed by atoms with van der Waals surface area (Å²) in [4.78, 5) is 16.3. The molecule has 2 saturated carbocycles. The number of likely N-dealkylation sites (tertiary alicyclic amines) is 1. The number of benzene rings is 2. The van der Waals surface area contributed by atoms with E-state index in [1.165, 1.54) is 34.6 Å². The lowest BCUT2D eigenvalue weighted by Gasteiger charge is -2.31. The number of ether oxygens (including phenoxy) is 4. The lowest BCUT2D eigenvalue weighted by molar-refractivity contribution is -0.605. The highest BCUT2D eigenvalue weighted by molar-refractivity contribution is 7.92. The van der Waals surface area contributed by atoms with Crippen LogP contribution < -0.4 is 23.2 Å². The van der Waals surface area contributed by atoms with Gasteiger partial charge in [0.1, 0.15) is 21.9 Å². The van der Waals surface area contributed by atoms with Gasteiger partial charge in [0, 0.05) is 25.1 Å². The molecule has 3 fully saturated rings. The smallest absolute Gasteiger partial charge is 0.387 e. The highest BCUT2D eigenvalue weighted by Gasteiger charge is 2.30. The van der Waals surface area contributed by atoms with E-state index in [-0.39, 0.29) is 45.8 Å². The summed E-state index contributed by atoms with van der Waals surface area (Å²) < 4.78 is 77.7. The van der Waals surface area contributed by atoms with Crippen LogP contribution in [0, 0.1) is 17.0 Å². The molecule has 2 aromatic carbocycles. The Morgan fingerprint density at radius 3 is 2.17 bits per heavy atom. The summed E-state index contributed by atoms with van der Waals surface area (Å²) in [5.41, 5.74) is 0.910. The molecule has 6 rings (SSSR count). The molecule has 1 aromatic heterocycles. The number of hydrogen-bond donors (Lipinski definition) is 0. The van der Waals surface area contributed by atoms with Crippen LogP contribution in [0.15, 0.2) is 48.8 Å². The topological polar surface area (TPSA) is 122 Å². The molecule has 0 bridgehead atoms. The van der Waals surface area contributed by atoms with E-state index >= 15 is 0 Å². The van der Waals surface area contributed by atoms with Gasteiger partial charge in [0.05, 0.1) is 30.7 Å². The third kappa shape index (κ3) is 11.0. The van der Waals surface area contributed by atoms with Crippen molar-refractivity contribution in [2.45, 2.75) is 64.1 Å². The normalized spacial score (nSPS) is 17.0. The molecule has 0 spiro atoms. The number of carbonyl (C=O) groups excluding carboxylic acids is 1. The summed E-state index contributed by atoms with van der Waals surface area (Å²) in [7, 11) is -3.81. The van der Waals surface area contributed by atoms with E-state index < -0.39 is 28.7 Å². The number of rotatable bonds is 18. The van der Waals surface area contributed by atoms with E-state index in [2.05, 4.69) is 4.90 Å². The third-order valence-corrected chi connectivity index (χ3v) is 11.4. The lowest BCUT2D eigenvalue weighted by Crippen LogP contribution is -2.40. The molecular weight excluding hydrogens is 755 g/mol. The van der Waals surface area contributed by atoms with Crippen molar-refractivity contribution in [3.8, 4) is 17.2 Å². The van der Waals surface area contributed by atoms with Crippen LogP contribution in [0.1, 0.15) is 72.5 Å². The molecule has 1 saturated heterocycles. The number of sulfonamides is 1. The van der Waals surface area contributed by atoms with Gasteiger partial charge >= 0.3 is 12.6 Å². The number of esters is 1. The lowest BCUT2D eigenvalue weighted by atomic mass is 10.0. The number of hydrogen-bond acceptors (Lipinski definition) is 9. The minimum atomic E-state index is -3.81. The van der Waals surface area contributed by atoms with Crippen LogP contribution in [0.5, 0.6) is 17.2 Å². The molecule has 0 amide bonds. The molecule has 0 radical (unpaired) electrons. The summed E-state index contributed by atoms with van der Waals surface area (Å²) in [6.07, 6.45) is 9.31. The minimum absolute atomic E-state index is 0.0216. The number of piperidine rings is 1. The second-order valence-electron chi connectivity index (χ2n) is 13.9. The summed E-state index contributed by atoms with van der Waals surface area (Å²) in [5.74, 6) is 0.0467. The predicted octanol–water partition coefficient (Wildman–Crippen LogP) is 7.20. The number of nitrogens with zero attached hydrogens (tertiary/aromatic N) is 3. The maximum absolute atomic E-state index is 14.1. The van der Waals surface area contributed by atoms with Gasteiger partial charge in [-0.05, 0) is 99.3 Å². The van der Waals surface area contributed by atoms with E-state index in [0.717, 1.165) is 76.7 Å². The van der Waals surface area contributed by atoms with E-state index in [9.17, 15) is 27.2 Å². The Morgan fingerprint density at radius 2 is 1.57 bits per heavy atom. The van der Waals surface area contributed by atoms with E-state index in [1.807, 2.05) is 0 Å². The average molecular weight is 799 g/mol. The van der Waals surface area contributed by atoms with E-state index in [0.29, 0.717) is 53.2 Å². The Balaban J connectivity index is 1.33. The number of anilines is 1. The largest absolute Gasteiger partial charge is 0.619 e. The Hall–Kier alpha value is -3.59. The summed E-state index contributed by atoms with van der Waals surface area (Å²) in [6.45, 7) is 0.0221. The van der Waals surface area contributed by atoms with Crippen molar-refractivity contribution >= 4 is 44.9 Å². The first-order chi connectivity index (χ1) is 25.3. The minimum Gasteiger partial charge on any atom is -0.619 e. The Kier molecular flexibility index (Phi) is 12.7. The third-order valence-electron chi connectivity index (χ3n) is 9.53. The fourth-order valence-electron chi connectivity index (χ4n) is 6.19. The van der Waals surface area contributed by atoms with Crippen molar-refractivity contribution in [1.29, 1.82) is 0 Å². The Bertz CT molecular complexity index is 1850. The van der Waals surface area contributed by atoms with Crippen molar-refractivity contribution in [2.24, 2.45) is 11.8 Å². The van der Waals surface area contributed by atoms with Crippen molar-refractivity contribution in [1.82, 2.24) is 4.90 Å². The Morgan fingerprint density at radius 1 is 0.943 bits per heavy atom. The van der Waals surface area contributed by atoms with Crippen molar-refractivity contribution in [3.63, 3.8) is 0 Å². The number of halogens is 4. The molecule has 1 unspecified atom stereocenters. The fraction of sp³-hybridized carbons (Fsp3) is 0.514. The van der Waals surface area contributed by atoms with Crippen LogP contribution >= 0.6 is 23.2 Å². The van der Waals surface area contributed by atoms with Gasteiger partial charge in [-0.2, -0.15) is 13.5 Å². The molecule has 288 valence electrons. The van der Waals surface area contributed by atoms with Crippen LogP contribution in [-0.4, -0.2) is 71.5 Å². The molecule has 3 aliphatic rings. The van der Waals surface area contributed by atoms with Crippen LogP contribution in [0.2, 0.25) is 10.0 Å². The van der Waals surface area contributed by atoms with Gasteiger partial charge in [-0.15, -0.1) is 0 Å². The van der Waals surface area contributed by atoms with E-state index in [4.69, 9.17) is 42.1 Å².